The summed E-state index contributed by atoms with van der Waals surface area (Å²) in [4.78, 5) is 0. The van der Waals surface area contributed by atoms with E-state index in [-0.39, 0.29) is 0 Å². The van der Waals surface area contributed by atoms with Crippen molar-refractivity contribution in [3.05, 3.63) is 36.5 Å². The van der Waals surface area contributed by atoms with Crippen LogP contribution in [0.15, 0.2) is 36.5 Å². The van der Waals surface area contributed by atoms with Crippen molar-refractivity contribution in [1.29, 1.82) is 0 Å². The van der Waals surface area contributed by atoms with Gasteiger partial charge in [0.2, 0.25) is 0 Å². The van der Waals surface area contributed by atoms with Crippen molar-refractivity contribution < 1.29 is 0 Å². The molecule has 4 atom stereocenters. The fourth-order valence-electron chi connectivity index (χ4n) is 4.33. The zero-order valence-electron chi connectivity index (χ0n) is 9.86. The number of rotatable bonds is 2. The van der Waals surface area contributed by atoms with Crippen LogP contribution in [0.25, 0.3) is 0 Å². The number of hydrogen-bond acceptors (Lipinski definition) is 0. The van der Waals surface area contributed by atoms with Crippen LogP contribution in [0.5, 0.6) is 0 Å². The smallest absolute Gasteiger partial charge is 0.00671 e. The van der Waals surface area contributed by atoms with Gasteiger partial charge in [-0.1, -0.05) is 36.5 Å². The zero-order valence-corrected chi connectivity index (χ0v) is 9.86. The molecular formula is C16H20. The highest BCUT2D eigenvalue weighted by Crippen LogP contribution is 2.54. The van der Waals surface area contributed by atoms with Gasteiger partial charge >= 0.3 is 0 Å². The van der Waals surface area contributed by atoms with Gasteiger partial charge in [0.25, 0.3) is 0 Å². The molecule has 84 valence electrons. The number of fused-ring (bicyclic) bond motifs is 4. The first-order valence-electron chi connectivity index (χ1n) is 6.87. The Hall–Kier alpha value is -0.780. The summed E-state index contributed by atoms with van der Waals surface area (Å²) in [6.07, 6.45) is 23.4. The van der Waals surface area contributed by atoms with E-state index in [1.165, 1.54) is 38.5 Å². The summed E-state index contributed by atoms with van der Waals surface area (Å²) in [5.41, 5.74) is 0.932. The molecule has 0 spiro atoms. The largest absolute Gasteiger partial charge is 0.0845 e. The third-order valence-corrected chi connectivity index (χ3v) is 5.39. The first-order valence-corrected chi connectivity index (χ1v) is 6.87. The van der Waals surface area contributed by atoms with Crippen molar-refractivity contribution in [2.45, 2.75) is 38.5 Å². The summed E-state index contributed by atoms with van der Waals surface area (Å²) in [6, 6.07) is 0. The van der Waals surface area contributed by atoms with Crippen LogP contribution in [0, 0.1) is 22.7 Å². The van der Waals surface area contributed by atoms with Crippen molar-refractivity contribution in [2.75, 3.05) is 0 Å². The van der Waals surface area contributed by atoms with E-state index in [0.717, 1.165) is 11.8 Å². The van der Waals surface area contributed by atoms with E-state index < -0.39 is 0 Å². The van der Waals surface area contributed by atoms with Crippen LogP contribution in [-0.2, 0) is 0 Å². The van der Waals surface area contributed by atoms with Crippen molar-refractivity contribution >= 4 is 0 Å². The molecule has 2 saturated carbocycles. The van der Waals surface area contributed by atoms with E-state index in [1.54, 1.807) is 0 Å². The molecule has 2 fully saturated rings. The fourth-order valence-corrected chi connectivity index (χ4v) is 4.33. The Morgan fingerprint density at radius 1 is 0.812 bits per heavy atom. The van der Waals surface area contributed by atoms with Crippen molar-refractivity contribution in [2.24, 2.45) is 22.7 Å². The molecule has 0 nitrogen and oxygen atoms in total. The van der Waals surface area contributed by atoms with E-state index in [1.807, 2.05) is 0 Å². The molecule has 4 rings (SSSR count). The molecule has 4 unspecified atom stereocenters. The molecule has 0 aromatic heterocycles. The molecule has 4 aliphatic rings. The summed E-state index contributed by atoms with van der Waals surface area (Å²) in [7, 11) is 0. The molecule has 0 heterocycles. The van der Waals surface area contributed by atoms with Gasteiger partial charge in [0.15, 0.2) is 0 Å². The van der Waals surface area contributed by atoms with Crippen LogP contribution in [0.2, 0.25) is 0 Å². The van der Waals surface area contributed by atoms with Gasteiger partial charge in [0, 0.05) is 10.8 Å². The van der Waals surface area contributed by atoms with Gasteiger partial charge in [0.1, 0.15) is 0 Å². The highest BCUT2D eigenvalue weighted by Gasteiger charge is 2.42. The number of hydrogen-bond donors (Lipinski definition) is 0. The third kappa shape index (κ3) is 1.22. The summed E-state index contributed by atoms with van der Waals surface area (Å²) < 4.78 is 0. The second-order valence-corrected chi connectivity index (χ2v) is 6.52. The maximum absolute atomic E-state index is 2.56. The van der Waals surface area contributed by atoms with Crippen LogP contribution in [0.1, 0.15) is 38.5 Å². The van der Waals surface area contributed by atoms with Gasteiger partial charge in [-0.2, -0.15) is 0 Å². The lowest BCUT2D eigenvalue weighted by Crippen LogP contribution is -2.12. The first kappa shape index (κ1) is 9.27. The lowest BCUT2D eigenvalue weighted by molar-refractivity contribution is 0.485. The average Bonchev–Trinajstić information content (AvgIpc) is 3.07. The standard InChI is InChI=1S/C16H20/c1-5-15(6-2-13(1)11-15)9-10-16-7-3-14(12-16)4-8-16/h1,3,5,7,9-10,13-14H,2,4,6,8,11-12H2/b10-9+. The Labute approximate surface area is 98.1 Å². The molecule has 0 aliphatic heterocycles. The maximum Gasteiger partial charge on any atom is 0.00671 e. The molecule has 0 aromatic rings. The predicted molar refractivity (Wildman–Crippen MR) is 67.0 cm³/mol. The minimum atomic E-state index is 0.466. The maximum atomic E-state index is 2.56. The van der Waals surface area contributed by atoms with Crippen molar-refractivity contribution in [3.8, 4) is 0 Å². The molecule has 4 bridgehead atoms. The van der Waals surface area contributed by atoms with Gasteiger partial charge < -0.3 is 0 Å². The molecule has 0 aromatic carbocycles. The topological polar surface area (TPSA) is 0 Å². The van der Waals surface area contributed by atoms with Crippen molar-refractivity contribution in [3.63, 3.8) is 0 Å². The van der Waals surface area contributed by atoms with Crippen LogP contribution in [-0.4, -0.2) is 0 Å². The minimum absolute atomic E-state index is 0.466. The Morgan fingerprint density at radius 2 is 1.31 bits per heavy atom. The van der Waals surface area contributed by atoms with Crippen LogP contribution < -0.4 is 0 Å². The summed E-state index contributed by atoms with van der Waals surface area (Å²) in [6.45, 7) is 0. The van der Waals surface area contributed by atoms with E-state index >= 15 is 0 Å². The van der Waals surface area contributed by atoms with Gasteiger partial charge in [-0.15, -0.1) is 0 Å². The van der Waals surface area contributed by atoms with Gasteiger partial charge in [0.05, 0.1) is 0 Å². The SMILES string of the molecule is C1=CC2(/C=C/C34C=CC(CC3)C4)CCC1C2. The molecule has 4 aliphatic carbocycles. The number of allylic oxidation sites excluding steroid dienone is 6. The first-order chi connectivity index (χ1) is 7.78. The van der Waals surface area contributed by atoms with Gasteiger partial charge in [-0.05, 0) is 50.4 Å². The highest BCUT2D eigenvalue weighted by atomic mass is 14.5. The van der Waals surface area contributed by atoms with Gasteiger partial charge in [-0.25, -0.2) is 0 Å². The monoisotopic (exact) mass is 212 g/mol. The molecular weight excluding hydrogens is 192 g/mol. The summed E-state index contributed by atoms with van der Waals surface area (Å²) in [5.74, 6) is 1.80. The van der Waals surface area contributed by atoms with Crippen LogP contribution in [0.4, 0.5) is 0 Å². The Balaban J connectivity index is 1.59. The normalized spacial score (nSPS) is 52.5. The second kappa shape index (κ2) is 2.91. The Bertz CT molecular complexity index is 362. The lowest BCUT2D eigenvalue weighted by atomic mass is 9.81. The van der Waals surface area contributed by atoms with Crippen LogP contribution >= 0.6 is 0 Å². The highest BCUT2D eigenvalue weighted by molar-refractivity contribution is 5.29. The van der Waals surface area contributed by atoms with Crippen molar-refractivity contribution in [1.82, 2.24) is 0 Å². The minimum Gasteiger partial charge on any atom is -0.0845 e. The molecule has 0 radical (unpaired) electrons. The summed E-state index contributed by atoms with van der Waals surface area (Å²) >= 11 is 0. The summed E-state index contributed by atoms with van der Waals surface area (Å²) in [5, 5.41) is 0. The van der Waals surface area contributed by atoms with E-state index in [0.29, 0.717) is 10.8 Å². The van der Waals surface area contributed by atoms with Gasteiger partial charge in [-0.3, -0.25) is 0 Å². The van der Waals surface area contributed by atoms with E-state index in [9.17, 15) is 0 Å². The average molecular weight is 212 g/mol. The second-order valence-electron chi connectivity index (χ2n) is 6.52. The Morgan fingerprint density at radius 3 is 1.56 bits per heavy atom. The zero-order chi connectivity index (χ0) is 10.6. The fraction of sp³-hybridized carbons (Fsp3) is 0.625. The van der Waals surface area contributed by atoms with Crippen LogP contribution in [0.3, 0.4) is 0 Å². The lowest BCUT2D eigenvalue weighted by Gasteiger charge is -2.23. The Kier molecular flexibility index (Phi) is 1.69. The molecule has 0 N–H and O–H groups in total. The third-order valence-electron chi connectivity index (χ3n) is 5.39. The van der Waals surface area contributed by atoms with E-state index in [4.69, 9.17) is 0 Å². The predicted octanol–water partition coefficient (Wildman–Crippen LogP) is 4.26. The molecule has 16 heavy (non-hydrogen) atoms. The molecule has 0 amide bonds. The van der Waals surface area contributed by atoms with E-state index in [2.05, 4.69) is 36.5 Å². The quantitative estimate of drug-likeness (QED) is 0.600. The molecule has 0 heteroatoms. The molecule has 0 saturated heterocycles.